The zero-order valence-corrected chi connectivity index (χ0v) is 6.35. The van der Waals surface area contributed by atoms with Crippen molar-refractivity contribution in [1.82, 2.24) is 0 Å². The molecule has 0 saturated heterocycles. The molecule has 0 spiro atoms. The molecule has 2 atom stereocenters. The predicted molar refractivity (Wildman–Crippen MR) is 38.3 cm³/mol. The van der Waals surface area contributed by atoms with Gasteiger partial charge in [-0.15, -0.1) is 0 Å². The van der Waals surface area contributed by atoms with Crippen molar-refractivity contribution in [1.29, 1.82) is 0 Å². The molecule has 0 heterocycles. The molecule has 0 amide bonds. The minimum absolute atomic E-state index is 0.350. The van der Waals surface area contributed by atoms with E-state index in [0.29, 0.717) is 0 Å². The number of rotatable bonds is 0. The lowest BCUT2D eigenvalue weighted by Gasteiger charge is -2.31. The molecule has 9 heavy (non-hydrogen) atoms. The van der Waals surface area contributed by atoms with Crippen molar-refractivity contribution in [3.05, 3.63) is 0 Å². The molecule has 0 radical (unpaired) electrons. The topological polar surface area (TPSA) is 20.2 Å². The van der Waals surface area contributed by atoms with E-state index >= 15 is 0 Å². The van der Waals surface area contributed by atoms with E-state index in [9.17, 15) is 5.11 Å². The van der Waals surface area contributed by atoms with Crippen LogP contribution in [0.15, 0.2) is 0 Å². The van der Waals surface area contributed by atoms with E-state index in [1.807, 2.05) is 6.92 Å². The lowest BCUT2D eigenvalue weighted by Crippen LogP contribution is -2.30. The van der Waals surface area contributed by atoms with E-state index in [1.54, 1.807) is 0 Å². The van der Waals surface area contributed by atoms with Crippen LogP contribution in [0.3, 0.4) is 0 Å². The van der Waals surface area contributed by atoms with Crippen molar-refractivity contribution in [2.24, 2.45) is 5.92 Å². The molecule has 1 fully saturated rings. The summed E-state index contributed by atoms with van der Waals surface area (Å²) in [4.78, 5) is 0. The fraction of sp³-hybridized carbons (Fsp3) is 1.00. The molecule has 1 nitrogen and oxygen atoms in total. The molecule has 0 bridgehead atoms. The summed E-state index contributed by atoms with van der Waals surface area (Å²) in [6.45, 7) is 4.16. The quantitative estimate of drug-likeness (QED) is 0.528. The molecule has 0 aliphatic heterocycles. The van der Waals surface area contributed by atoms with E-state index < -0.39 is 0 Å². The molecule has 1 N–H and O–H groups in total. The first-order chi connectivity index (χ1) is 4.10. The fourth-order valence-corrected chi connectivity index (χ4v) is 1.79. The summed E-state index contributed by atoms with van der Waals surface area (Å²) in [7, 11) is 0. The fourth-order valence-electron chi connectivity index (χ4n) is 1.79. The van der Waals surface area contributed by atoms with Gasteiger partial charge in [0.1, 0.15) is 0 Å². The molecule has 54 valence electrons. The maximum Gasteiger partial charge on any atom is 0.0622 e. The van der Waals surface area contributed by atoms with E-state index in [0.717, 1.165) is 18.8 Å². The highest BCUT2D eigenvalue weighted by atomic mass is 16.3. The second-order valence-corrected chi connectivity index (χ2v) is 3.70. The highest BCUT2D eigenvalue weighted by Gasteiger charge is 2.26. The van der Waals surface area contributed by atoms with Crippen molar-refractivity contribution in [3.8, 4) is 0 Å². The Morgan fingerprint density at radius 1 is 1.56 bits per heavy atom. The maximum absolute atomic E-state index is 9.54. The van der Waals surface area contributed by atoms with Crippen LogP contribution in [0, 0.1) is 5.92 Å². The standard InChI is InChI=1S/C8H16O/c1-7-4-3-5-8(2,9)6-7/h7,9H,3-6H2,1-2H3/t7-,8+/m1/s1. The Balaban J connectivity index is 2.41. The Hall–Kier alpha value is -0.0400. The molecule has 0 aromatic carbocycles. The van der Waals surface area contributed by atoms with Crippen molar-refractivity contribution in [2.75, 3.05) is 0 Å². The Kier molecular flexibility index (Phi) is 1.80. The third-order valence-electron chi connectivity index (χ3n) is 2.20. The molecule has 1 aliphatic rings. The smallest absolute Gasteiger partial charge is 0.0622 e. The van der Waals surface area contributed by atoms with Crippen LogP contribution >= 0.6 is 0 Å². The highest BCUT2D eigenvalue weighted by Crippen LogP contribution is 2.31. The molecular formula is C8H16O. The summed E-state index contributed by atoms with van der Waals surface area (Å²) in [5.74, 6) is 0.730. The van der Waals surface area contributed by atoms with E-state index in [-0.39, 0.29) is 5.60 Å². The van der Waals surface area contributed by atoms with Gasteiger partial charge in [-0.1, -0.05) is 19.8 Å². The van der Waals surface area contributed by atoms with Crippen molar-refractivity contribution < 1.29 is 5.11 Å². The molecule has 1 heteroatoms. The zero-order chi connectivity index (χ0) is 6.91. The van der Waals surface area contributed by atoms with Crippen molar-refractivity contribution in [2.45, 2.75) is 45.1 Å². The van der Waals surface area contributed by atoms with Gasteiger partial charge in [0.05, 0.1) is 5.60 Å². The van der Waals surface area contributed by atoms with Gasteiger partial charge in [-0.05, 0) is 25.7 Å². The van der Waals surface area contributed by atoms with Gasteiger partial charge < -0.3 is 5.11 Å². The lowest BCUT2D eigenvalue weighted by atomic mass is 9.80. The molecule has 0 unspecified atom stereocenters. The SMILES string of the molecule is C[C@@H]1CCC[C@](C)(O)C1. The van der Waals surface area contributed by atoms with Gasteiger partial charge >= 0.3 is 0 Å². The van der Waals surface area contributed by atoms with Crippen LogP contribution in [0.1, 0.15) is 39.5 Å². The van der Waals surface area contributed by atoms with E-state index in [1.165, 1.54) is 12.8 Å². The van der Waals surface area contributed by atoms with Crippen molar-refractivity contribution in [3.63, 3.8) is 0 Å². The molecule has 1 saturated carbocycles. The second kappa shape index (κ2) is 2.30. The van der Waals surface area contributed by atoms with Gasteiger partial charge in [0.25, 0.3) is 0 Å². The zero-order valence-electron chi connectivity index (χ0n) is 6.35. The Morgan fingerprint density at radius 3 is 2.56 bits per heavy atom. The molecule has 0 aromatic rings. The Labute approximate surface area is 57.1 Å². The summed E-state index contributed by atoms with van der Waals surface area (Å²) in [5, 5.41) is 9.54. The van der Waals surface area contributed by atoms with Gasteiger partial charge in [0, 0.05) is 0 Å². The Bertz CT molecular complexity index is 96.7. The summed E-state index contributed by atoms with van der Waals surface area (Å²) >= 11 is 0. The first-order valence-electron chi connectivity index (χ1n) is 3.82. The monoisotopic (exact) mass is 128 g/mol. The second-order valence-electron chi connectivity index (χ2n) is 3.70. The molecule has 0 aromatic heterocycles. The first-order valence-corrected chi connectivity index (χ1v) is 3.82. The summed E-state index contributed by atoms with van der Waals surface area (Å²) in [6, 6.07) is 0. The minimum atomic E-state index is -0.350. The number of hydrogen-bond donors (Lipinski definition) is 1. The first kappa shape index (κ1) is 7.07. The van der Waals surface area contributed by atoms with Gasteiger partial charge in [0.2, 0.25) is 0 Å². The largest absolute Gasteiger partial charge is 0.390 e. The number of hydrogen-bond acceptors (Lipinski definition) is 1. The molecule has 1 rings (SSSR count). The summed E-state index contributed by atoms with van der Waals surface area (Å²) in [5.41, 5.74) is -0.350. The van der Waals surface area contributed by atoms with Gasteiger partial charge in [-0.25, -0.2) is 0 Å². The summed E-state index contributed by atoms with van der Waals surface area (Å²) < 4.78 is 0. The minimum Gasteiger partial charge on any atom is -0.390 e. The van der Waals surface area contributed by atoms with Crippen LogP contribution < -0.4 is 0 Å². The van der Waals surface area contributed by atoms with Gasteiger partial charge in [0.15, 0.2) is 0 Å². The predicted octanol–water partition coefficient (Wildman–Crippen LogP) is 1.95. The average molecular weight is 128 g/mol. The third kappa shape index (κ3) is 1.98. The van der Waals surface area contributed by atoms with E-state index in [4.69, 9.17) is 0 Å². The van der Waals surface area contributed by atoms with Crippen LogP contribution in [0.5, 0.6) is 0 Å². The summed E-state index contributed by atoms with van der Waals surface area (Å²) in [6.07, 6.45) is 4.49. The van der Waals surface area contributed by atoms with Crippen LogP contribution in [0.25, 0.3) is 0 Å². The van der Waals surface area contributed by atoms with Gasteiger partial charge in [-0.3, -0.25) is 0 Å². The van der Waals surface area contributed by atoms with Crippen LogP contribution in [0.2, 0.25) is 0 Å². The Morgan fingerprint density at radius 2 is 2.22 bits per heavy atom. The molecular weight excluding hydrogens is 112 g/mol. The number of aliphatic hydroxyl groups is 1. The van der Waals surface area contributed by atoms with Gasteiger partial charge in [-0.2, -0.15) is 0 Å². The van der Waals surface area contributed by atoms with Crippen molar-refractivity contribution >= 4 is 0 Å². The third-order valence-corrected chi connectivity index (χ3v) is 2.20. The average Bonchev–Trinajstić information content (AvgIpc) is 1.60. The van der Waals surface area contributed by atoms with Crippen LogP contribution in [-0.2, 0) is 0 Å². The molecule has 1 aliphatic carbocycles. The van der Waals surface area contributed by atoms with E-state index in [2.05, 4.69) is 6.92 Å². The maximum atomic E-state index is 9.54. The lowest BCUT2D eigenvalue weighted by molar-refractivity contribution is 0.00461. The van der Waals surface area contributed by atoms with Crippen LogP contribution in [0.4, 0.5) is 0 Å². The van der Waals surface area contributed by atoms with Crippen LogP contribution in [-0.4, -0.2) is 10.7 Å². The normalized spacial score (nSPS) is 45.0. The highest BCUT2D eigenvalue weighted by molar-refractivity contribution is 4.79.